The molecule has 0 aliphatic carbocycles. The maximum atomic E-state index is 8.32. The average Bonchev–Trinajstić information content (AvgIpc) is 1.95. The van der Waals surface area contributed by atoms with Gasteiger partial charge in [0, 0.05) is 6.04 Å². The highest BCUT2D eigenvalue weighted by Gasteiger charge is 2.17. The van der Waals surface area contributed by atoms with Gasteiger partial charge in [0.05, 0.1) is 25.2 Å². The molecular formula is C7H12N2O. The van der Waals surface area contributed by atoms with Gasteiger partial charge in [-0.25, -0.2) is 0 Å². The van der Waals surface area contributed by atoms with Gasteiger partial charge in [-0.3, -0.25) is 0 Å². The van der Waals surface area contributed by atoms with E-state index in [2.05, 4.69) is 6.07 Å². The third kappa shape index (κ3) is 1.98. The second-order valence-corrected chi connectivity index (χ2v) is 2.66. The molecule has 0 radical (unpaired) electrons. The number of rotatable bonds is 1. The largest absolute Gasteiger partial charge is 0.376 e. The van der Waals surface area contributed by atoms with Gasteiger partial charge >= 0.3 is 0 Å². The van der Waals surface area contributed by atoms with Crippen LogP contribution in [0.1, 0.15) is 19.3 Å². The van der Waals surface area contributed by atoms with Crippen LogP contribution in [0.4, 0.5) is 0 Å². The lowest BCUT2D eigenvalue weighted by atomic mass is 10.0. The van der Waals surface area contributed by atoms with E-state index in [1.165, 1.54) is 0 Å². The Balaban J connectivity index is 2.21. The van der Waals surface area contributed by atoms with Crippen LogP contribution in [0.25, 0.3) is 0 Å². The smallest absolute Gasteiger partial charge is 0.0706 e. The van der Waals surface area contributed by atoms with E-state index in [-0.39, 0.29) is 12.1 Å². The van der Waals surface area contributed by atoms with Gasteiger partial charge in [-0.15, -0.1) is 0 Å². The van der Waals surface area contributed by atoms with Crippen molar-refractivity contribution in [3.8, 4) is 6.07 Å². The fraction of sp³-hybridized carbons (Fsp3) is 0.857. The summed E-state index contributed by atoms with van der Waals surface area (Å²) in [6.07, 6.45) is 2.58. The van der Waals surface area contributed by atoms with E-state index in [0.717, 1.165) is 12.8 Å². The van der Waals surface area contributed by atoms with E-state index in [1.807, 2.05) is 0 Å². The van der Waals surface area contributed by atoms with Gasteiger partial charge < -0.3 is 10.5 Å². The lowest BCUT2D eigenvalue weighted by Gasteiger charge is -2.24. The zero-order valence-corrected chi connectivity index (χ0v) is 5.92. The SMILES string of the molecule is N#CCC1CC[C@H](N)CO1. The van der Waals surface area contributed by atoms with Gasteiger partial charge in [0.2, 0.25) is 0 Å². The van der Waals surface area contributed by atoms with Gasteiger partial charge in [-0.05, 0) is 12.8 Å². The van der Waals surface area contributed by atoms with Gasteiger partial charge in [-0.2, -0.15) is 5.26 Å². The molecule has 3 nitrogen and oxygen atoms in total. The molecular weight excluding hydrogens is 128 g/mol. The third-order valence-corrected chi connectivity index (χ3v) is 1.72. The molecule has 1 aliphatic heterocycles. The Kier molecular flexibility index (Phi) is 2.67. The van der Waals surface area contributed by atoms with E-state index in [4.69, 9.17) is 15.7 Å². The molecule has 0 aromatic heterocycles. The van der Waals surface area contributed by atoms with Crippen molar-refractivity contribution in [1.82, 2.24) is 0 Å². The molecule has 0 saturated carbocycles. The summed E-state index contributed by atoms with van der Waals surface area (Å²) in [5, 5.41) is 8.32. The first kappa shape index (κ1) is 7.52. The van der Waals surface area contributed by atoms with Crippen LogP contribution < -0.4 is 5.73 Å². The number of ether oxygens (including phenoxy) is 1. The van der Waals surface area contributed by atoms with Crippen LogP contribution in [0.15, 0.2) is 0 Å². The topological polar surface area (TPSA) is 59.0 Å². The molecule has 2 N–H and O–H groups in total. The zero-order chi connectivity index (χ0) is 7.40. The summed E-state index contributed by atoms with van der Waals surface area (Å²) >= 11 is 0. The van der Waals surface area contributed by atoms with E-state index < -0.39 is 0 Å². The number of hydrogen-bond acceptors (Lipinski definition) is 3. The third-order valence-electron chi connectivity index (χ3n) is 1.72. The molecule has 0 aromatic carbocycles. The maximum absolute atomic E-state index is 8.32. The minimum absolute atomic E-state index is 0.143. The highest BCUT2D eigenvalue weighted by molar-refractivity contribution is 4.80. The van der Waals surface area contributed by atoms with Crippen LogP contribution in [0.5, 0.6) is 0 Å². The number of nitrogens with zero attached hydrogens (tertiary/aromatic N) is 1. The predicted molar refractivity (Wildman–Crippen MR) is 37.2 cm³/mol. The van der Waals surface area contributed by atoms with Gasteiger partial charge in [0.25, 0.3) is 0 Å². The highest BCUT2D eigenvalue weighted by Crippen LogP contribution is 2.13. The molecule has 1 aliphatic rings. The van der Waals surface area contributed by atoms with Crippen molar-refractivity contribution >= 4 is 0 Å². The van der Waals surface area contributed by atoms with Crippen molar-refractivity contribution in [2.24, 2.45) is 5.73 Å². The number of hydrogen-bond donors (Lipinski definition) is 1. The summed E-state index contributed by atoms with van der Waals surface area (Å²) in [6, 6.07) is 2.28. The molecule has 2 atom stereocenters. The molecule has 56 valence electrons. The Morgan fingerprint density at radius 3 is 2.90 bits per heavy atom. The molecule has 3 heteroatoms. The first-order valence-electron chi connectivity index (χ1n) is 3.57. The fourth-order valence-corrected chi connectivity index (χ4v) is 1.09. The molecule has 0 aromatic rings. The Hall–Kier alpha value is -0.590. The summed E-state index contributed by atoms with van der Waals surface area (Å²) in [6.45, 7) is 0.617. The molecule has 1 saturated heterocycles. The summed E-state index contributed by atoms with van der Waals surface area (Å²) in [5.74, 6) is 0. The molecule has 0 spiro atoms. The van der Waals surface area contributed by atoms with Crippen LogP contribution in [-0.2, 0) is 4.74 Å². The molecule has 0 amide bonds. The Bertz CT molecular complexity index is 133. The van der Waals surface area contributed by atoms with Crippen molar-refractivity contribution in [2.45, 2.75) is 31.4 Å². The second-order valence-electron chi connectivity index (χ2n) is 2.66. The number of nitrogens with two attached hydrogens (primary N) is 1. The van der Waals surface area contributed by atoms with Crippen LogP contribution in [0.3, 0.4) is 0 Å². The summed E-state index contributed by atoms with van der Waals surface area (Å²) in [5.41, 5.74) is 5.59. The number of nitriles is 1. The fourth-order valence-electron chi connectivity index (χ4n) is 1.09. The molecule has 1 heterocycles. The standard InChI is InChI=1S/C7H12N2O/c8-4-3-7-2-1-6(9)5-10-7/h6-7H,1-3,5,9H2/t6-,7?/m0/s1. The van der Waals surface area contributed by atoms with Crippen molar-refractivity contribution < 1.29 is 4.74 Å². The maximum Gasteiger partial charge on any atom is 0.0706 e. The summed E-state index contributed by atoms with van der Waals surface area (Å²) < 4.78 is 5.28. The van der Waals surface area contributed by atoms with Crippen molar-refractivity contribution in [2.75, 3.05) is 6.61 Å². The Morgan fingerprint density at radius 2 is 2.40 bits per heavy atom. The van der Waals surface area contributed by atoms with E-state index in [0.29, 0.717) is 13.0 Å². The molecule has 1 fully saturated rings. The molecule has 1 rings (SSSR count). The molecule has 0 bridgehead atoms. The zero-order valence-electron chi connectivity index (χ0n) is 5.92. The van der Waals surface area contributed by atoms with Crippen molar-refractivity contribution in [1.29, 1.82) is 5.26 Å². The quantitative estimate of drug-likeness (QED) is 0.573. The van der Waals surface area contributed by atoms with E-state index >= 15 is 0 Å². The minimum Gasteiger partial charge on any atom is -0.376 e. The Morgan fingerprint density at radius 1 is 1.60 bits per heavy atom. The molecule has 1 unspecified atom stereocenters. The predicted octanol–water partition coefficient (Wildman–Crippen LogP) is 0.406. The van der Waals surface area contributed by atoms with Crippen molar-refractivity contribution in [3.63, 3.8) is 0 Å². The summed E-state index contributed by atoms with van der Waals surface area (Å²) in [7, 11) is 0. The van der Waals surface area contributed by atoms with E-state index in [9.17, 15) is 0 Å². The monoisotopic (exact) mass is 140 g/mol. The van der Waals surface area contributed by atoms with Gasteiger partial charge in [0.1, 0.15) is 0 Å². The van der Waals surface area contributed by atoms with Crippen LogP contribution in [0.2, 0.25) is 0 Å². The first-order chi connectivity index (χ1) is 4.83. The van der Waals surface area contributed by atoms with Gasteiger partial charge in [0.15, 0.2) is 0 Å². The normalized spacial score (nSPS) is 33.2. The molecule has 10 heavy (non-hydrogen) atoms. The Labute approximate surface area is 60.8 Å². The lowest BCUT2D eigenvalue weighted by Crippen LogP contribution is -2.35. The average molecular weight is 140 g/mol. The van der Waals surface area contributed by atoms with Crippen molar-refractivity contribution in [3.05, 3.63) is 0 Å². The lowest BCUT2D eigenvalue weighted by molar-refractivity contribution is 0.00864. The van der Waals surface area contributed by atoms with E-state index in [1.54, 1.807) is 0 Å². The first-order valence-corrected chi connectivity index (χ1v) is 3.57. The minimum atomic E-state index is 0.143. The summed E-state index contributed by atoms with van der Waals surface area (Å²) in [4.78, 5) is 0. The van der Waals surface area contributed by atoms with Crippen LogP contribution in [0, 0.1) is 11.3 Å². The van der Waals surface area contributed by atoms with Crippen LogP contribution in [-0.4, -0.2) is 18.8 Å². The second kappa shape index (κ2) is 3.55. The van der Waals surface area contributed by atoms with Crippen LogP contribution >= 0.6 is 0 Å². The van der Waals surface area contributed by atoms with Gasteiger partial charge in [-0.1, -0.05) is 0 Å². The highest BCUT2D eigenvalue weighted by atomic mass is 16.5.